The maximum Gasteiger partial charge on any atom is 0.200 e. The molecule has 4 heteroatoms. The summed E-state index contributed by atoms with van der Waals surface area (Å²) in [5, 5.41) is 23.6. The normalized spacial score (nSPS) is 29.3. The largest absolute Gasteiger partial charge is 0.623 e. The molecule has 4 atom stereocenters. The van der Waals surface area contributed by atoms with Crippen LogP contribution in [0, 0.1) is 11.1 Å². The van der Waals surface area contributed by atoms with E-state index in [4.69, 9.17) is 4.74 Å². The molecule has 0 aromatic heterocycles. The standard InChI is InChI=1S/C20H21NO3/c22-16-10-6-12-18-19(16)20(15-9-4-5-11-17(15)24-18)21(23)13-14-7-2-1-3-8-14/h1-5,7-9,11,13,16,18-20,22H,6,10,12H2/b21-13-/t16-,18+,19-,20+/m1/s1. The van der Waals surface area contributed by atoms with Crippen molar-refractivity contribution in [3.63, 3.8) is 0 Å². The number of benzene rings is 2. The number of hydrogen-bond donors (Lipinski definition) is 1. The molecule has 1 fully saturated rings. The molecule has 4 rings (SSSR count). The van der Waals surface area contributed by atoms with Crippen molar-refractivity contribution >= 4 is 6.21 Å². The molecule has 1 saturated carbocycles. The molecule has 0 amide bonds. The van der Waals surface area contributed by atoms with Crippen LogP contribution in [-0.4, -0.2) is 28.3 Å². The molecule has 4 nitrogen and oxygen atoms in total. The van der Waals surface area contributed by atoms with Crippen molar-refractivity contribution in [2.24, 2.45) is 5.92 Å². The number of hydrogen-bond acceptors (Lipinski definition) is 3. The first-order valence-electron chi connectivity index (χ1n) is 8.53. The smallest absolute Gasteiger partial charge is 0.200 e. The van der Waals surface area contributed by atoms with E-state index >= 15 is 0 Å². The van der Waals surface area contributed by atoms with Gasteiger partial charge in [0, 0.05) is 5.56 Å². The van der Waals surface area contributed by atoms with Gasteiger partial charge in [0.1, 0.15) is 11.9 Å². The van der Waals surface area contributed by atoms with Gasteiger partial charge in [-0.2, -0.15) is 0 Å². The monoisotopic (exact) mass is 323 g/mol. The van der Waals surface area contributed by atoms with Crippen LogP contribution in [0.15, 0.2) is 54.6 Å². The fourth-order valence-electron chi connectivity index (χ4n) is 3.99. The van der Waals surface area contributed by atoms with Crippen LogP contribution >= 0.6 is 0 Å². The summed E-state index contributed by atoms with van der Waals surface area (Å²) in [6.07, 6.45) is 3.54. The minimum absolute atomic E-state index is 0.103. The van der Waals surface area contributed by atoms with Gasteiger partial charge in [0.2, 0.25) is 6.04 Å². The summed E-state index contributed by atoms with van der Waals surface area (Å²) < 4.78 is 7.10. The molecule has 0 saturated heterocycles. The molecule has 0 radical (unpaired) electrons. The summed E-state index contributed by atoms with van der Waals surface area (Å²) in [4.78, 5) is 0. The van der Waals surface area contributed by atoms with Gasteiger partial charge < -0.3 is 15.1 Å². The van der Waals surface area contributed by atoms with Gasteiger partial charge in [-0.25, -0.2) is 4.74 Å². The van der Waals surface area contributed by atoms with Crippen LogP contribution in [-0.2, 0) is 0 Å². The SMILES string of the molecule is [O-]/[N+](=C\c1ccccc1)[C@H]1c2ccccc2O[C@H]2CCC[C@@H](O)[C@H]21. The minimum Gasteiger partial charge on any atom is -0.623 e. The molecular formula is C20H21NO3. The Morgan fingerprint density at radius 2 is 1.79 bits per heavy atom. The molecule has 2 aromatic carbocycles. The van der Waals surface area contributed by atoms with Gasteiger partial charge in [-0.1, -0.05) is 30.3 Å². The van der Waals surface area contributed by atoms with E-state index in [9.17, 15) is 10.3 Å². The lowest BCUT2D eigenvalue weighted by Gasteiger charge is -2.42. The molecule has 1 heterocycles. The Balaban J connectivity index is 1.79. The van der Waals surface area contributed by atoms with Gasteiger partial charge in [0.05, 0.1) is 17.6 Å². The molecule has 0 bridgehead atoms. The number of hydroxylamine groups is 1. The first-order valence-corrected chi connectivity index (χ1v) is 8.53. The molecule has 0 spiro atoms. The Kier molecular flexibility index (Phi) is 3.98. The van der Waals surface area contributed by atoms with Crippen molar-refractivity contribution in [2.45, 2.75) is 37.5 Å². The van der Waals surface area contributed by atoms with E-state index in [1.54, 1.807) is 6.21 Å². The number of ether oxygens (including phenoxy) is 1. The van der Waals surface area contributed by atoms with Crippen molar-refractivity contribution in [3.05, 3.63) is 70.9 Å². The molecule has 0 unspecified atom stereocenters. The van der Waals surface area contributed by atoms with E-state index in [-0.39, 0.29) is 12.0 Å². The highest BCUT2D eigenvalue weighted by Crippen LogP contribution is 2.46. The lowest BCUT2D eigenvalue weighted by Crippen LogP contribution is -2.48. The van der Waals surface area contributed by atoms with Crippen molar-refractivity contribution in [2.75, 3.05) is 0 Å². The van der Waals surface area contributed by atoms with E-state index < -0.39 is 12.1 Å². The first kappa shape index (κ1) is 15.2. The van der Waals surface area contributed by atoms with E-state index in [1.807, 2.05) is 54.6 Å². The Hall–Kier alpha value is -2.33. The van der Waals surface area contributed by atoms with Gasteiger partial charge in [-0.15, -0.1) is 0 Å². The molecule has 2 aliphatic rings. The predicted octanol–water partition coefficient (Wildman–Crippen LogP) is 3.28. The zero-order valence-corrected chi connectivity index (χ0v) is 13.4. The fraction of sp³-hybridized carbons (Fsp3) is 0.350. The average Bonchev–Trinajstić information content (AvgIpc) is 2.61. The number of fused-ring (bicyclic) bond motifs is 2. The Morgan fingerprint density at radius 1 is 1.04 bits per heavy atom. The lowest BCUT2D eigenvalue weighted by molar-refractivity contribution is -0.522. The van der Waals surface area contributed by atoms with Crippen LogP contribution < -0.4 is 4.74 Å². The van der Waals surface area contributed by atoms with Crippen LogP contribution in [0.3, 0.4) is 0 Å². The third-order valence-corrected chi connectivity index (χ3v) is 5.09. The molecule has 124 valence electrons. The average molecular weight is 323 g/mol. The highest BCUT2D eigenvalue weighted by Gasteiger charge is 2.48. The molecule has 2 aromatic rings. The Bertz CT molecular complexity index is 744. The van der Waals surface area contributed by atoms with Crippen LogP contribution in [0.25, 0.3) is 0 Å². The Labute approximate surface area is 141 Å². The fourth-order valence-corrected chi connectivity index (χ4v) is 3.99. The van der Waals surface area contributed by atoms with Crippen LogP contribution in [0.2, 0.25) is 0 Å². The van der Waals surface area contributed by atoms with Gasteiger partial charge in [-0.3, -0.25) is 0 Å². The number of para-hydroxylation sites is 1. The molecule has 24 heavy (non-hydrogen) atoms. The quantitative estimate of drug-likeness (QED) is 0.399. The third-order valence-electron chi connectivity index (χ3n) is 5.09. The van der Waals surface area contributed by atoms with Crippen molar-refractivity contribution in [3.8, 4) is 5.75 Å². The van der Waals surface area contributed by atoms with E-state index in [1.165, 1.54) is 0 Å². The molecular weight excluding hydrogens is 302 g/mol. The summed E-state index contributed by atoms with van der Waals surface area (Å²) in [6, 6.07) is 16.8. The zero-order chi connectivity index (χ0) is 16.5. The maximum atomic E-state index is 13.0. The minimum atomic E-state index is -0.511. The summed E-state index contributed by atoms with van der Waals surface area (Å²) in [5.74, 6) is 0.561. The van der Waals surface area contributed by atoms with E-state index in [2.05, 4.69) is 0 Å². The molecule has 1 aliphatic heterocycles. The summed E-state index contributed by atoms with van der Waals surface area (Å²) >= 11 is 0. The summed E-state index contributed by atoms with van der Waals surface area (Å²) in [6.45, 7) is 0. The number of aliphatic hydroxyl groups is 1. The van der Waals surface area contributed by atoms with Gasteiger partial charge >= 0.3 is 0 Å². The second-order valence-electron chi connectivity index (χ2n) is 6.61. The Morgan fingerprint density at radius 3 is 2.62 bits per heavy atom. The van der Waals surface area contributed by atoms with Crippen molar-refractivity contribution in [1.29, 1.82) is 0 Å². The molecule has 1 N–H and O–H groups in total. The number of nitrogens with zero attached hydrogens (tertiary/aromatic N) is 1. The summed E-state index contributed by atoms with van der Waals surface area (Å²) in [7, 11) is 0. The maximum absolute atomic E-state index is 13.0. The van der Waals surface area contributed by atoms with Crippen LogP contribution in [0.1, 0.15) is 36.4 Å². The summed E-state index contributed by atoms with van der Waals surface area (Å²) in [5.41, 5.74) is 1.72. The highest BCUT2D eigenvalue weighted by atomic mass is 16.5. The van der Waals surface area contributed by atoms with Crippen LogP contribution in [0.5, 0.6) is 5.75 Å². The first-order chi connectivity index (χ1) is 11.7. The van der Waals surface area contributed by atoms with Crippen molar-refractivity contribution in [1.82, 2.24) is 0 Å². The van der Waals surface area contributed by atoms with Gasteiger partial charge in [0.15, 0.2) is 6.21 Å². The zero-order valence-electron chi connectivity index (χ0n) is 13.4. The van der Waals surface area contributed by atoms with Gasteiger partial charge in [-0.05, 0) is 43.5 Å². The van der Waals surface area contributed by atoms with Crippen molar-refractivity contribution < 1.29 is 14.6 Å². The third kappa shape index (κ3) is 2.67. The number of aliphatic hydroxyl groups excluding tert-OH is 1. The predicted molar refractivity (Wildman–Crippen MR) is 92.2 cm³/mol. The topological polar surface area (TPSA) is 55.5 Å². The second kappa shape index (κ2) is 6.29. The molecule has 1 aliphatic carbocycles. The highest BCUT2D eigenvalue weighted by molar-refractivity contribution is 5.75. The van der Waals surface area contributed by atoms with E-state index in [0.717, 1.165) is 40.9 Å². The van der Waals surface area contributed by atoms with E-state index in [0.29, 0.717) is 0 Å². The van der Waals surface area contributed by atoms with Crippen LogP contribution in [0.4, 0.5) is 0 Å². The second-order valence-corrected chi connectivity index (χ2v) is 6.61. The lowest BCUT2D eigenvalue weighted by atomic mass is 9.75. The number of rotatable bonds is 2. The van der Waals surface area contributed by atoms with Gasteiger partial charge in [0.25, 0.3) is 0 Å².